The van der Waals surface area contributed by atoms with Crippen LogP contribution >= 0.6 is 0 Å². The minimum Gasteiger partial charge on any atom is -0.497 e. The molecule has 156 valence electrons. The Morgan fingerprint density at radius 2 is 1.90 bits per heavy atom. The number of ether oxygens (including phenoxy) is 3. The number of hydrogen-bond donors (Lipinski definition) is 1. The molecule has 7 heteroatoms. The topological polar surface area (TPSA) is 74.6 Å². The summed E-state index contributed by atoms with van der Waals surface area (Å²) in [4.78, 5) is 12.7. The zero-order valence-electron chi connectivity index (χ0n) is 17.1. The van der Waals surface area contributed by atoms with Gasteiger partial charge in [0.25, 0.3) is 5.91 Å². The number of nitrogens with one attached hydrogen (secondary N) is 1. The first kappa shape index (κ1) is 20.0. The third kappa shape index (κ3) is 4.46. The van der Waals surface area contributed by atoms with Gasteiger partial charge in [-0.3, -0.25) is 9.48 Å². The fourth-order valence-corrected chi connectivity index (χ4v) is 3.56. The van der Waals surface area contributed by atoms with Gasteiger partial charge in [0.15, 0.2) is 0 Å². The molecule has 0 bridgehead atoms. The summed E-state index contributed by atoms with van der Waals surface area (Å²) in [5.74, 6) is 0.914. The second-order valence-corrected chi connectivity index (χ2v) is 7.14. The van der Waals surface area contributed by atoms with E-state index >= 15 is 0 Å². The smallest absolute Gasteiger partial charge is 0.251 e. The number of fused-ring (bicyclic) bond motifs is 1. The lowest BCUT2D eigenvalue weighted by Gasteiger charge is -2.22. The number of rotatable bonds is 7. The zero-order chi connectivity index (χ0) is 20.9. The van der Waals surface area contributed by atoms with Crippen molar-refractivity contribution in [1.29, 1.82) is 0 Å². The molecule has 1 aliphatic rings. The Labute approximate surface area is 175 Å². The normalized spacial score (nSPS) is 15.3. The number of nitrogens with zero attached hydrogens (tertiary/aromatic N) is 2. The Bertz CT molecular complexity index is 994. The van der Waals surface area contributed by atoms with Gasteiger partial charge in [-0.15, -0.1) is 0 Å². The Morgan fingerprint density at radius 1 is 1.17 bits per heavy atom. The SMILES string of the molecule is COc1cc(OC)cc(C(=O)NCC2OCCc3cn(Cc4ccccc4)nc32)c1. The maximum absolute atomic E-state index is 12.7. The van der Waals surface area contributed by atoms with Crippen molar-refractivity contribution in [2.45, 2.75) is 19.1 Å². The van der Waals surface area contributed by atoms with Gasteiger partial charge < -0.3 is 19.5 Å². The molecular weight excluding hydrogens is 382 g/mol. The minimum absolute atomic E-state index is 0.216. The summed E-state index contributed by atoms with van der Waals surface area (Å²) in [6.07, 6.45) is 2.62. The number of carbonyl (C=O) groups is 1. The van der Waals surface area contributed by atoms with Gasteiger partial charge >= 0.3 is 0 Å². The van der Waals surface area contributed by atoms with Gasteiger partial charge in [-0.2, -0.15) is 5.10 Å². The average molecular weight is 407 g/mol. The first-order chi connectivity index (χ1) is 14.7. The Kier molecular flexibility index (Phi) is 5.99. The van der Waals surface area contributed by atoms with E-state index in [0.29, 0.717) is 36.8 Å². The highest BCUT2D eigenvalue weighted by Gasteiger charge is 2.25. The largest absolute Gasteiger partial charge is 0.497 e. The Morgan fingerprint density at radius 3 is 2.60 bits per heavy atom. The summed E-state index contributed by atoms with van der Waals surface area (Å²) >= 11 is 0. The fourth-order valence-electron chi connectivity index (χ4n) is 3.56. The van der Waals surface area contributed by atoms with Gasteiger partial charge in [0, 0.05) is 24.4 Å². The lowest BCUT2D eigenvalue weighted by molar-refractivity contribution is 0.0383. The molecule has 1 N–H and O–H groups in total. The van der Waals surface area contributed by atoms with Crippen LogP contribution in [0, 0.1) is 0 Å². The maximum Gasteiger partial charge on any atom is 0.251 e. The summed E-state index contributed by atoms with van der Waals surface area (Å²) in [7, 11) is 3.11. The molecule has 0 aliphatic carbocycles. The van der Waals surface area contributed by atoms with E-state index in [-0.39, 0.29) is 12.0 Å². The highest BCUT2D eigenvalue weighted by molar-refractivity contribution is 5.95. The van der Waals surface area contributed by atoms with E-state index in [9.17, 15) is 4.79 Å². The number of carbonyl (C=O) groups excluding carboxylic acids is 1. The van der Waals surface area contributed by atoms with Gasteiger partial charge in [0.05, 0.1) is 33.1 Å². The molecule has 4 rings (SSSR count). The van der Waals surface area contributed by atoms with Crippen LogP contribution in [0.3, 0.4) is 0 Å². The van der Waals surface area contributed by atoms with E-state index < -0.39 is 0 Å². The molecule has 3 aromatic rings. The number of benzene rings is 2. The van der Waals surface area contributed by atoms with Crippen molar-refractivity contribution < 1.29 is 19.0 Å². The highest BCUT2D eigenvalue weighted by Crippen LogP contribution is 2.26. The van der Waals surface area contributed by atoms with Crippen LogP contribution in [0.25, 0.3) is 0 Å². The quantitative estimate of drug-likeness (QED) is 0.652. The summed E-state index contributed by atoms with van der Waals surface area (Å²) < 4.78 is 18.3. The van der Waals surface area contributed by atoms with Crippen molar-refractivity contribution in [1.82, 2.24) is 15.1 Å². The number of hydrogen-bond acceptors (Lipinski definition) is 5. The van der Waals surface area contributed by atoms with E-state index in [1.165, 1.54) is 11.1 Å². The molecule has 7 nitrogen and oxygen atoms in total. The van der Waals surface area contributed by atoms with E-state index in [4.69, 9.17) is 19.3 Å². The van der Waals surface area contributed by atoms with Crippen LogP contribution < -0.4 is 14.8 Å². The van der Waals surface area contributed by atoms with E-state index in [1.807, 2.05) is 22.9 Å². The molecule has 0 radical (unpaired) electrons. The van der Waals surface area contributed by atoms with Crippen LogP contribution in [0.15, 0.2) is 54.7 Å². The second-order valence-electron chi connectivity index (χ2n) is 7.14. The molecule has 2 aromatic carbocycles. The first-order valence-electron chi connectivity index (χ1n) is 9.89. The Balaban J connectivity index is 1.45. The molecule has 1 amide bonds. The summed E-state index contributed by atoms with van der Waals surface area (Å²) in [5, 5.41) is 7.68. The molecule has 30 heavy (non-hydrogen) atoms. The van der Waals surface area contributed by atoms with Crippen LogP contribution in [0.2, 0.25) is 0 Å². The average Bonchev–Trinajstić information content (AvgIpc) is 3.20. The molecule has 1 unspecified atom stereocenters. The standard InChI is InChI=1S/C23H25N3O4/c1-28-19-10-18(11-20(12-19)29-2)23(27)24-13-21-22-17(8-9-30-21)15-26(25-22)14-16-6-4-3-5-7-16/h3-7,10-12,15,21H,8-9,13-14H2,1-2H3,(H,24,27). The molecule has 1 aromatic heterocycles. The Hall–Kier alpha value is -3.32. The summed E-state index contributed by atoms with van der Waals surface area (Å²) in [6, 6.07) is 15.3. The predicted octanol–water partition coefficient (Wildman–Crippen LogP) is 2.99. The van der Waals surface area contributed by atoms with Gasteiger partial charge in [-0.1, -0.05) is 30.3 Å². The van der Waals surface area contributed by atoms with E-state index in [1.54, 1.807) is 32.4 Å². The summed E-state index contributed by atoms with van der Waals surface area (Å²) in [6.45, 7) is 1.65. The van der Waals surface area contributed by atoms with Gasteiger partial charge in [0.1, 0.15) is 17.6 Å². The van der Waals surface area contributed by atoms with Crippen molar-refractivity contribution >= 4 is 5.91 Å². The van der Waals surface area contributed by atoms with Crippen LogP contribution in [0.4, 0.5) is 0 Å². The molecule has 0 spiro atoms. The van der Waals surface area contributed by atoms with E-state index in [0.717, 1.165) is 12.1 Å². The third-order valence-corrected chi connectivity index (χ3v) is 5.11. The van der Waals surface area contributed by atoms with Crippen LogP contribution in [-0.2, 0) is 17.7 Å². The number of methoxy groups -OCH3 is 2. The van der Waals surface area contributed by atoms with Crippen molar-refractivity contribution in [2.75, 3.05) is 27.4 Å². The monoisotopic (exact) mass is 407 g/mol. The molecule has 0 fully saturated rings. The molecule has 1 atom stereocenters. The van der Waals surface area contributed by atoms with Crippen LogP contribution in [-0.4, -0.2) is 43.1 Å². The van der Waals surface area contributed by atoms with Crippen molar-refractivity contribution in [3.63, 3.8) is 0 Å². The highest BCUT2D eigenvalue weighted by atomic mass is 16.5. The predicted molar refractivity (Wildman–Crippen MR) is 112 cm³/mol. The van der Waals surface area contributed by atoms with Gasteiger partial charge in [-0.25, -0.2) is 0 Å². The van der Waals surface area contributed by atoms with Crippen LogP contribution in [0.5, 0.6) is 11.5 Å². The fraction of sp³-hybridized carbons (Fsp3) is 0.304. The summed E-state index contributed by atoms with van der Waals surface area (Å²) in [5.41, 5.74) is 3.71. The molecule has 0 saturated heterocycles. The van der Waals surface area contributed by atoms with Gasteiger partial charge in [0.2, 0.25) is 0 Å². The first-order valence-corrected chi connectivity index (χ1v) is 9.89. The maximum atomic E-state index is 12.7. The minimum atomic E-state index is -0.276. The van der Waals surface area contributed by atoms with Crippen molar-refractivity contribution in [3.05, 3.63) is 77.1 Å². The van der Waals surface area contributed by atoms with E-state index in [2.05, 4.69) is 23.6 Å². The molecule has 1 aliphatic heterocycles. The zero-order valence-corrected chi connectivity index (χ0v) is 17.1. The number of amides is 1. The second kappa shape index (κ2) is 9.00. The lowest BCUT2D eigenvalue weighted by Crippen LogP contribution is -2.32. The van der Waals surface area contributed by atoms with Crippen LogP contribution in [0.1, 0.15) is 33.3 Å². The van der Waals surface area contributed by atoms with Crippen molar-refractivity contribution in [3.8, 4) is 11.5 Å². The van der Waals surface area contributed by atoms with Crippen molar-refractivity contribution in [2.24, 2.45) is 0 Å². The number of aromatic nitrogens is 2. The molecule has 2 heterocycles. The molecule has 0 saturated carbocycles. The van der Waals surface area contributed by atoms with Gasteiger partial charge in [-0.05, 0) is 29.7 Å². The lowest BCUT2D eigenvalue weighted by atomic mass is 10.1. The molecular formula is C23H25N3O4. The third-order valence-electron chi connectivity index (χ3n) is 5.11.